The summed E-state index contributed by atoms with van der Waals surface area (Å²) in [5.74, 6) is 0.430. The quantitative estimate of drug-likeness (QED) is 0.337. The fourth-order valence-corrected chi connectivity index (χ4v) is 7.31. The van der Waals surface area contributed by atoms with Gasteiger partial charge in [0.25, 0.3) is 17.4 Å². The van der Waals surface area contributed by atoms with Gasteiger partial charge in [-0.15, -0.1) is 0 Å². The summed E-state index contributed by atoms with van der Waals surface area (Å²) in [6.45, 7) is 4.97. The molecule has 12 nitrogen and oxygen atoms in total. The van der Waals surface area contributed by atoms with Gasteiger partial charge in [-0.2, -0.15) is 0 Å². The zero-order valence-corrected chi connectivity index (χ0v) is 27.8. The average molecular weight is 659 g/mol. The highest BCUT2D eigenvalue weighted by atomic mass is 16.5. The van der Waals surface area contributed by atoms with Crippen molar-refractivity contribution < 1.29 is 33.3 Å². The molecule has 0 aliphatic carbocycles. The molecule has 0 unspecified atom stereocenters. The third kappa shape index (κ3) is 6.43. The summed E-state index contributed by atoms with van der Waals surface area (Å²) >= 11 is 0. The van der Waals surface area contributed by atoms with E-state index in [1.54, 1.807) is 42.2 Å². The number of rotatable bonds is 9. The number of fused-ring (bicyclic) bond motifs is 4. The van der Waals surface area contributed by atoms with Gasteiger partial charge in [-0.05, 0) is 68.5 Å². The number of nitrogens with one attached hydrogen (secondary N) is 1. The second-order valence-electron chi connectivity index (χ2n) is 12.5. The number of amides is 2. The van der Waals surface area contributed by atoms with Crippen LogP contribution in [0, 0.1) is 11.8 Å². The van der Waals surface area contributed by atoms with Crippen molar-refractivity contribution in [3.63, 3.8) is 0 Å². The largest absolute Gasteiger partial charge is 0.493 e. The number of aromatic nitrogens is 1. The topological polar surface area (TPSA) is 129 Å². The maximum atomic E-state index is 13.9. The van der Waals surface area contributed by atoms with Gasteiger partial charge in [0.15, 0.2) is 11.5 Å². The second kappa shape index (κ2) is 14.0. The maximum Gasteiger partial charge on any atom is 0.309 e. The van der Waals surface area contributed by atoms with E-state index in [0.717, 1.165) is 17.8 Å². The summed E-state index contributed by atoms with van der Waals surface area (Å²) in [5, 5.41) is 3.07. The minimum atomic E-state index is -0.413. The molecule has 1 N–H and O–H groups in total. The molecule has 2 saturated heterocycles. The Labute approximate surface area is 279 Å². The van der Waals surface area contributed by atoms with Crippen molar-refractivity contribution in [2.75, 3.05) is 64.3 Å². The van der Waals surface area contributed by atoms with E-state index in [0.29, 0.717) is 80.7 Å². The van der Waals surface area contributed by atoms with Crippen LogP contribution in [0.4, 0.5) is 11.4 Å². The summed E-state index contributed by atoms with van der Waals surface area (Å²) in [7, 11) is 4.47. The van der Waals surface area contributed by atoms with Crippen LogP contribution >= 0.6 is 0 Å². The lowest BCUT2D eigenvalue weighted by Gasteiger charge is -2.44. The van der Waals surface area contributed by atoms with Crippen LogP contribution in [0.15, 0.2) is 53.3 Å². The molecule has 2 amide bonds. The van der Waals surface area contributed by atoms with E-state index >= 15 is 0 Å². The highest BCUT2D eigenvalue weighted by molar-refractivity contribution is 6.08. The maximum absolute atomic E-state index is 13.9. The SMILES string of the molecule is CCOC(=O)C1CCN(C(=O)c2ccc(N3C[C@H]4C[C@@H](C3)c3cccc(=O)n3C4)c(NC(=O)c3cc(OC)c(OC)c(OC)c3)c2)CC1. The number of esters is 1. The summed E-state index contributed by atoms with van der Waals surface area (Å²) in [6.07, 6.45) is 2.05. The number of carbonyl (C=O) groups excluding carboxylic acids is 3. The van der Waals surface area contributed by atoms with E-state index in [9.17, 15) is 19.2 Å². The Balaban J connectivity index is 1.31. The Kier molecular flexibility index (Phi) is 9.61. The van der Waals surface area contributed by atoms with E-state index in [1.165, 1.54) is 21.3 Å². The summed E-state index contributed by atoms with van der Waals surface area (Å²) in [6, 6.07) is 14.0. The van der Waals surface area contributed by atoms with Crippen LogP contribution < -0.4 is 30.0 Å². The first-order valence-corrected chi connectivity index (χ1v) is 16.4. The Morgan fingerprint density at radius 3 is 2.27 bits per heavy atom. The van der Waals surface area contributed by atoms with Gasteiger partial charge in [0.1, 0.15) is 0 Å². The van der Waals surface area contributed by atoms with E-state index < -0.39 is 5.91 Å². The number of carbonyl (C=O) groups is 3. The zero-order valence-electron chi connectivity index (χ0n) is 27.8. The number of ether oxygens (including phenoxy) is 4. The zero-order chi connectivity index (χ0) is 33.9. The van der Waals surface area contributed by atoms with Gasteiger partial charge in [-0.25, -0.2) is 0 Å². The fourth-order valence-electron chi connectivity index (χ4n) is 7.31. The molecule has 254 valence electrons. The first-order chi connectivity index (χ1) is 23.2. The molecule has 12 heteroatoms. The minimum absolute atomic E-state index is 0.0168. The molecule has 2 fully saturated rings. The molecule has 3 aliphatic rings. The van der Waals surface area contributed by atoms with Crippen LogP contribution in [0.5, 0.6) is 17.2 Å². The van der Waals surface area contributed by atoms with E-state index in [4.69, 9.17) is 18.9 Å². The molecule has 2 atom stereocenters. The Hall–Kier alpha value is -5.00. The number of anilines is 2. The number of methoxy groups -OCH3 is 3. The molecule has 1 aromatic heterocycles. The first kappa shape index (κ1) is 32.9. The number of nitrogens with zero attached hydrogens (tertiary/aromatic N) is 3. The predicted octanol–water partition coefficient (Wildman–Crippen LogP) is 4.17. The number of pyridine rings is 1. The summed E-state index contributed by atoms with van der Waals surface area (Å²) < 4.78 is 23.5. The summed E-state index contributed by atoms with van der Waals surface area (Å²) in [4.78, 5) is 56.5. The van der Waals surface area contributed by atoms with Crippen LogP contribution in [0.25, 0.3) is 0 Å². The molecule has 4 heterocycles. The van der Waals surface area contributed by atoms with Crippen LogP contribution in [0.2, 0.25) is 0 Å². The van der Waals surface area contributed by atoms with Gasteiger partial charge in [-0.1, -0.05) is 6.07 Å². The first-order valence-electron chi connectivity index (χ1n) is 16.4. The van der Waals surface area contributed by atoms with Crippen molar-refractivity contribution in [2.24, 2.45) is 11.8 Å². The van der Waals surface area contributed by atoms with Gasteiger partial charge >= 0.3 is 5.97 Å². The third-order valence-electron chi connectivity index (χ3n) is 9.64. The fraction of sp³-hybridized carbons (Fsp3) is 0.444. The number of hydrogen-bond acceptors (Lipinski definition) is 9. The van der Waals surface area contributed by atoms with Crippen LogP contribution in [-0.4, -0.2) is 81.4 Å². The van der Waals surface area contributed by atoms with Gasteiger partial charge in [0.05, 0.1) is 45.2 Å². The van der Waals surface area contributed by atoms with Gasteiger partial charge in [0.2, 0.25) is 5.75 Å². The van der Waals surface area contributed by atoms with E-state index in [-0.39, 0.29) is 40.8 Å². The molecular weight excluding hydrogens is 616 g/mol. The summed E-state index contributed by atoms with van der Waals surface area (Å²) in [5.41, 5.74) is 3.04. The highest BCUT2D eigenvalue weighted by Crippen LogP contribution is 2.41. The lowest BCUT2D eigenvalue weighted by molar-refractivity contribution is -0.149. The number of piperidine rings is 2. The van der Waals surface area contributed by atoms with Crippen molar-refractivity contribution in [1.82, 2.24) is 9.47 Å². The predicted molar refractivity (Wildman–Crippen MR) is 180 cm³/mol. The monoisotopic (exact) mass is 658 g/mol. The smallest absolute Gasteiger partial charge is 0.309 e. The van der Waals surface area contributed by atoms with Crippen molar-refractivity contribution in [2.45, 2.75) is 38.6 Å². The number of likely N-dealkylation sites (tertiary alicyclic amines) is 1. The Bertz CT molecular complexity index is 1740. The molecular formula is C36H42N4O8. The van der Waals surface area contributed by atoms with E-state index in [1.807, 2.05) is 22.8 Å². The number of hydrogen-bond donors (Lipinski definition) is 1. The van der Waals surface area contributed by atoms with E-state index in [2.05, 4.69) is 10.2 Å². The van der Waals surface area contributed by atoms with Crippen LogP contribution in [0.3, 0.4) is 0 Å². The molecule has 3 aliphatic heterocycles. The van der Waals surface area contributed by atoms with Crippen LogP contribution in [-0.2, 0) is 16.1 Å². The molecule has 0 radical (unpaired) electrons. The number of benzene rings is 2. The normalized spacial score (nSPS) is 18.8. The molecule has 3 aromatic rings. The molecule has 0 saturated carbocycles. The van der Waals surface area contributed by atoms with Crippen molar-refractivity contribution >= 4 is 29.2 Å². The van der Waals surface area contributed by atoms with Crippen molar-refractivity contribution in [3.05, 3.63) is 75.7 Å². The van der Waals surface area contributed by atoms with Crippen LogP contribution in [0.1, 0.15) is 58.5 Å². The van der Waals surface area contributed by atoms with Gasteiger partial charge < -0.3 is 38.6 Å². The standard InChI is InChI=1S/C36H42N4O8/c1-5-48-36(44)23-11-13-38(14-12-23)35(43)24-9-10-29(39-19-22-15-26(21-39)28-7-6-8-32(41)40(28)20-22)27(16-24)37-34(42)25-17-30(45-2)33(47-4)31(18-25)46-3/h6-10,16-18,22-23,26H,5,11-15,19-21H2,1-4H3,(H,37,42)/t22-,26+/m1/s1. The lowest BCUT2D eigenvalue weighted by Crippen LogP contribution is -2.47. The van der Waals surface area contributed by atoms with Crippen molar-refractivity contribution in [3.8, 4) is 17.2 Å². The molecule has 48 heavy (non-hydrogen) atoms. The van der Waals surface area contributed by atoms with Gasteiger partial charge in [0, 0.05) is 61.5 Å². The average Bonchev–Trinajstić information content (AvgIpc) is 3.11. The highest BCUT2D eigenvalue weighted by Gasteiger charge is 2.36. The van der Waals surface area contributed by atoms with Crippen molar-refractivity contribution in [1.29, 1.82) is 0 Å². The minimum Gasteiger partial charge on any atom is -0.493 e. The molecule has 0 spiro atoms. The Morgan fingerprint density at radius 2 is 1.60 bits per heavy atom. The van der Waals surface area contributed by atoms with Gasteiger partial charge in [-0.3, -0.25) is 19.2 Å². The lowest BCUT2D eigenvalue weighted by atomic mass is 9.83. The molecule has 2 bridgehead atoms. The molecule has 6 rings (SSSR count). The molecule has 2 aromatic carbocycles. The third-order valence-corrected chi connectivity index (χ3v) is 9.64. The Morgan fingerprint density at radius 1 is 0.875 bits per heavy atom. The second-order valence-corrected chi connectivity index (χ2v) is 12.5.